The van der Waals surface area contributed by atoms with Crippen LogP contribution in [0.4, 0.5) is 5.69 Å². The molecule has 0 spiro atoms. The highest BCUT2D eigenvalue weighted by Crippen LogP contribution is 2.26. The van der Waals surface area contributed by atoms with Gasteiger partial charge in [-0.25, -0.2) is 0 Å². The Kier molecular flexibility index (Phi) is 3.26. The van der Waals surface area contributed by atoms with Crippen molar-refractivity contribution >= 4 is 21.5 Å². The number of fused-ring (bicyclic) bond motifs is 1. The molecule has 3 aromatic rings. The molecular formula is C12H12N6O3S. The first-order valence-corrected chi connectivity index (χ1v) is 7.67. The van der Waals surface area contributed by atoms with E-state index in [4.69, 9.17) is 4.55 Å². The minimum absolute atomic E-state index is 0.205. The standard InChI is InChI=1S/C12H12N6O3S/c1-7-10(15-13-2)12-14-11(17-18(12)16-7)8-4-3-5-9(6-8)22(19,20)21/h3-6H,1-2H3,(H,14,17)(H,19,20,21)/b15-13+. The average molecular weight is 320 g/mol. The third-order valence-corrected chi connectivity index (χ3v) is 3.90. The van der Waals surface area contributed by atoms with Crippen molar-refractivity contribution < 1.29 is 13.0 Å². The van der Waals surface area contributed by atoms with Crippen LogP contribution in [0.2, 0.25) is 0 Å². The zero-order valence-electron chi connectivity index (χ0n) is 11.7. The maximum atomic E-state index is 11.2. The summed E-state index contributed by atoms with van der Waals surface area (Å²) in [6, 6.07) is 5.80. The first kappa shape index (κ1) is 14.4. The Labute approximate surface area is 125 Å². The number of nitrogens with zero attached hydrogens (tertiary/aromatic N) is 5. The summed E-state index contributed by atoms with van der Waals surface area (Å²) in [5.74, 6) is 0.403. The summed E-state index contributed by atoms with van der Waals surface area (Å²) >= 11 is 0. The Hall–Kier alpha value is -2.59. The summed E-state index contributed by atoms with van der Waals surface area (Å²) < 4.78 is 32.9. The largest absolute Gasteiger partial charge is 0.320 e. The van der Waals surface area contributed by atoms with Gasteiger partial charge in [-0.15, -0.1) is 9.73 Å². The minimum Gasteiger partial charge on any atom is -0.320 e. The predicted molar refractivity (Wildman–Crippen MR) is 77.8 cm³/mol. The molecule has 3 rings (SSSR count). The molecule has 0 saturated carbocycles. The second-order valence-corrected chi connectivity index (χ2v) is 5.97. The third kappa shape index (κ3) is 2.38. The molecule has 2 N–H and O–H groups in total. The van der Waals surface area contributed by atoms with Crippen LogP contribution in [-0.4, -0.2) is 39.8 Å². The first-order chi connectivity index (χ1) is 10.4. The number of nitrogens with one attached hydrogen (secondary N) is 1. The second kappa shape index (κ2) is 5.00. The smallest absolute Gasteiger partial charge is 0.294 e. The molecule has 10 heteroatoms. The van der Waals surface area contributed by atoms with E-state index in [2.05, 4.69) is 25.4 Å². The number of aromatic nitrogens is 4. The lowest BCUT2D eigenvalue weighted by Gasteiger charge is -1.99. The number of azo groups is 1. The summed E-state index contributed by atoms with van der Waals surface area (Å²) in [4.78, 5) is 2.82. The lowest BCUT2D eigenvalue weighted by Crippen LogP contribution is -1.98. The summed E-state index contributed by atoms with van der Waals surface area (Å²) in [5, 5.41) is 16.2. The minimum atomic E-state index is -4.27. The molecule has 0 radical (unpaired) electrons. The molecule has 1 aromatic carbocycles. The number of hydrogen-bond donors (Lipinski definition) is 2. The van der Waals surface area contributed by atoms with Crippen LogP contribution in [0.15, 0.2) is 39.4 Å². The van der Waals surface area contributed by atoms with E-state index in [1.54, 1.807) is 20.0 Å². The fraction of sp³-hybridized carbons (Fsp3) is 0.167. The topological polar surface area (TPSA) is 125 Å². The Morgan fingerprint density at radius 3 is 2.77 bits per heavy atom. The van der Waals surface area contributed by atoms with Gasteiger partial charge in [0.25, 0.3) is 10.1 Å². The van der Waals surface area contributed by atoms with Crippen LogP contribution >= 0.6 is 0 Å². The summed E-state index contributed by atoms with van der Waals surface area (Å²) in [6.45, 7) is 1.78. The molecule has 2 heterocycles. The lowest BCUT2D eigenvalue weighted by molar-refractivity contribution is 0.483. The van der Waals surface area contributed by atoms with Crippen LogP contribution in [0.3, 0.4) is 0 Å². The van der Waals surface area contributed by atoms with E-state index in [1.807, 2.05) is 0 Å². The Bertz CT molecular complexity index is 986. The summed E-state index contributed by atoms with van der Waals surface area (Å²) in [6.07, 6.45) is 0. The third-order valence-electron chi connectivity index (χ3n) is 3.05. The maximum absolute atomic E-state index is 11.2. The highest BCUT2D eigenvalue weighted by Gasteiger charge is 2.16. The number of hydrogen-bond acceptors (Lipinski definition) is 6. The number of H-pyrrole nitrogens is 1. The molecule has 0 amide bonds. The van der Waals surface area contributed by atoms with Crippen molar-refractivity contribution in [2.24, 2.45) is 10.2 Å². The van der Waals surface area contributed by atoms with E-state index in [-0.39, 0.29) is 4.90 Å². The molecule has 0 aliphatic heterocycles. The van der Waals surface area contributed by atoms with Gasteiger partial charge in [0.2, 0.25) is 0 Å². The second-order valence-electron chi connectivity index (χ2n) is 4.55. The van der Waals surface area contributed by atoms with Gasteiger partial charge in [0.05, 0.1) is 10.6 Å². The molecule has 0 fully saturated rings. The van der Waals surface area contributed by atoms with Crippen molar-refractivity contribution in [1.29, 1.82) is 0 Å². The molecular weight excluding hydrogens is 308 g/mol. The van der Waals surface area contributed by atoms with Crippen molar-refractivity contribution in [2.75, 3.05) is 7.05 Å². The van der Waals surface area contributed by atoms with Crippen molar-refractivity contribution in [1.82, 2.24) is 19.8 Å². The molecule has 22 heavy (non-hydrogen) atoms. The van der Waals surface area contributed by atoms with Gasteiger partial charge in [-0.2, -0.15) is 23.7 Å². The van der Waals surface area contributed by atoms with E-state index in [0.717, 1.165) is 0 Å². The van der Waals surface area contributed by atoms with Crippen LogP contribution in [0, 0.1) is 6.92 Å². The van der Waals surface area contributed by atoms with Crippen molar-refractivity contribution in [3.63, 3.8) is 0 Å². The van der Waals surface area contributed by atoms with Gasteiger partial charge in [-0.3, -0.25) is 4.55 Å². The van der Waals surface area contributed by atoms with Gasteiger partial charge in [-0.1, -0.05) is 12.1 Å². The van der Waals surface area contributed by atoms with Crippen LogP contribution in [-0.2, 0) is 10.1 Å². The van der Waals surface area contributed by atoms with E-state index in [1.165, 1.54) is 22.8 Å². The fourth-order valence-corrected chi connectivity index (χ4v) is 2.60. The van der Waals surface area contributed by atoms with Crippen LogP contribution in [0.1, 0.15) is 5.69 Å². The van der Waals surface area contributed by atoms with Gasteiger partial charge >= 0.3 is 0 Å². The SMILES string of the molecule is C/N=N/c1c(C)nn2nc(-c3cccc(S(=O)(=O)O)c3)[nH]c12. The molecule has 0 atom stereocenters. The molecule has 0 aliphatic rings. The number of aromatic amines is 1. The average Bonchev–Trinajstić information content (AvgIpc) is 2.98. The first-order valence-electron chi connectivity index (χ1n) is 6.23. The Balaban J connectivity index is 2.15. The molecule has 9 nitrogen and oxygen atoms in total. The van der Waals surface area contributed by atoms with Crippen LogP contribution < -0.4 is 0 Å². The fourth-order valence-electron chi connectivity index (χ4n) is 2.07. The van der Waals surface area contributed by atoms with E-state index < -0.39 is 10.1 Å². The lowest BCUT2D eigenvalue weighted by atomic mass is 10.2. The quantitative estimate of drug-likeness (QED) is 0.564. The number of rotatable bonds is 3. The maximum Gasteiger partial charge on any atom is 0.294 e. The summed E-state index contributed by atoms with van der Waals surface area (Å²) in [5.41, 5.74) is 2.28. The van der Waals surface area contributed by atoms with Gasteiger partial charge in [0.1, 0.15) is 0 Å². The van der Waals surface area contributed by atoms with E-state index >= 15 is 0 Å². The van der Waals surface area contributed by atoms with Crippen LogP contribution in [0.25, 0.3) is 17.0 Å². The molecule has 114 valence electrons. The molecule has 2 aromatic heterocycles. The normalized spacial score (nSPS) is 12.5. The number of aryl methyl sites for hydroxylation is 1. The molecule has 0 aliphatic carbocycles. The Morgan fingerprint density at radius 2 is 2.09 bits per heavy atom. The summed E-state index contributed by atoms with van der Waals surface area (Å²) in [7, 11) is -2.72. The van der Waals surface area contributed by atoms with Gasteiger partial charge in [0.15, 0.2) is 17.2 Å². The monoisotopic (exact) mass is 320 g/mol. The van der Waals surface area contributed by atoms with Crippen molar-refractivity contribution in [2.45, 2.75) is 11.8 Å². The van der Waals surface area contributed by atoms with Crippen molar-refractivity contribution in [3.05, 3.63) is 30.0 Å². The zero-order chi connectivity index (χ0) is 15.9. The molecule has 0 saturated heterocycles. The zero-order valence-corrected chi connectivity index (χ0v) is 12.5. The van der Waals surface area contributed by atoms with Gasteiger partial charge < -0.3 is 4.98 Å². The van der Waals surface area contributed by atoms with Crippen molar-refractivity contribution in [3.8, 4) is 11.4 Å². The molecule has 0 unspecified atom stereocenters. The highest BCUT2D eigenvalue weighted by atomic mass is 32.2. The molecule has 0 bridgehead atoms. The van der Waals surface area contributed by atoms with E-state index in [9.17, 15) is 8.42 Å². The van der Waals surface area contributed by atoms with Crippen LogP contribution in [0.5, 0.6) is 0 Å². The number of benzene rings is 1. The Morgan fingerprint density at radius 1 is 1.32 bits per heavy atom. The van der Waals surface area contributed by atoms with Gasteiger partial charge in [-0.05, 0) is 19.1 Å². The van der Waals surface area contributed by atoms with E-state index in [0.29, 0.717) is 28.4 Å². The predicted octanol–water partition coefficient (Wildman–Crippen LogP) is 1.99. The van der Waals surface area contributed by atoms with Gasteiger partial charge in [0, 0.05) is 12.6 Å². The highest BCUT2D eigenvalue weighted by molar-refractivity contribution is 7.85.